The molecule has 2 rings (SSSR count). The Balaban J connectivity index is 2.18. The molecule has 3 N–H and O–H groups in total. The van der Waals surface area contributed by atoms with Gasteiger partial charge in [0.2, 0.25) is 5.95 Å². The van der Waals surface area contributed by atoms with E-state index in [9.17, 15) is 10.2 Å². The quantitative estimate of drug-likeness (QED) is 0.694. The average molecular weight is 234 g/mol. The third kappa shape index (κ3) is 2.30. The summed E-state index contributed by atoms with van der Waals surface area (Å²) in [5, 5.41) is 25.8. The number of aromatic hydroxyl groups is 2. The molecular formula is C11H14N4O2. The third-order valence-electron chi connectivity index (χ3n) is 2.43. The van der Waals surface area contributed by atoms with E-state index in [1.807, 2.05) is 14.0 Å². The number of aromatic nitrogens is 3. The summed E-state index contributed by atoms with van der Waals surface area (Å²) in [7, 11) is 1.81. The number of hydrogen-bond acceptors (Lipinski definition) is 5. The number of aromatic amines is 1. The van der Waals surface area contributed by atoms with Gasteiger partial charge in [-0.1, -0.05) is 12.1 Å². The number of hydrogen-bond donors (Lipinski definition) is 3. The summed E-state index contributed by atoms with van der Waals surface area (Å²) in [6.07, 6.45) is 0. The van der Waals surface area contributed by atoms with E-state index in [0.717, 1.165) is 5.82 Å². The summed E-state index contributed by atoms with van der Waals surface area (Å²) in [4.78, 5) is 5.95. The topological polar surface area (TPSA) is 85.3 Å². The number of rotatable bonds is 3. The molecule has 1 aromatic heterocycles. The molecule has 17 heavy (non-hydrogen) atoms. The van der Waals surface area contributed by atoms with E-state index in [-0.39, 0.29) is 11.5 Å². The molecule has 0 amide bonds. The van der Waals surface area contributed by atoms with Crippen LogP contribution in [0.3, 0.4) is 0 Å². The minimum Gasteiger partial charge on any atom is -0.504 e. The van der Waals surface area contributed by atoms with E-state index in [1.165, 1.54) is 6.07 Å². The summed E-state index contributed by atoms with van der Waals surface area (Å²) < 4.78 is 0. The second-order valence-corrected chi connectivity index (χ2v) is 3.86. The molecule has 0 unspecified atom stereocenters. The first-order valence-corrected chi connectivity index (χ1v) is 5.18. The molecule has 1 aromatic carbocycles. The van der Waals surface area contributed by atoms with Crippen LogP contribution in [0.2, 0.25) is 0 Å². The van der Waals surface area contributed by atoms with Crippen LogP contribution < -0.4 is 4.90 Å². The average Bonchev–Trinajstić information content (AvgIpc) is 2.72. The van der Waals surface area contributed by atoms with Crippen LogP contribution in [0.5, 0.6) is 11.5 Å². The SMILES string of the molecule is Cc1nc(N(C)Cc2cccc(O)c2O)n[nH]1. The molecule has 6 heteroatoms. The molecule has 0 aliphatic carbocycles. The number of nitrogens with one attached hydrogen (secondary N) is 1. The Morgan fingerprint density at radius 2 is 2.12 bits per heavy atom. The van der Waals surface area contributed by atoms with E-state index in [1.54, 1.807) is 17.0 Å². The predicted molar refractivity (Wildman–Crippen MR) is 63.0 cm³/mol. The highest BCUT2D eigenvalue weighted by Gasteiger charge is 2.11. The maximum atomic E-state index is 9.67. The summed E-state index contributed by atoms with van der Waals surface area (Å²) in [5.41, 5.74) is 0.620. The first-order valence-electron chi connectivity index (χ1n) is 5.18. The highest BCUT2D eigenvalue weighted by Crippen LogP contribution is 2.29. The minimum absolute atomic E-state index is 0.105. The monoisotopic (exact) mass is 234 g/mol. The molecule has 1 heterocycles. The molecular weight excluding hydrogens is 220 g/mol. The Kier molecular flexibility index (Phi) is 2.86. The Bertz CT molecular complexity index is 524. The Hall–Kier alpha value is -2.24. The van der Waals surface area contributed by atoms with Crippen LogP contribution in [0, 0.1) is 6.92 Å². The lowest BCUT2D eigenvalue weighted by Gasteiger charge is -2.15. The number of phenolic OH excluding ortho intramolecular Hbond substituents is 2. The molecule has 0 saturated heterocycles. The number of H-pyrrole nitrogens is 1. The highest BCUT2D eigenvalue weighted by molar-refractivity contribution is 5.46. The molecule has 0 atom stereocenters. The maximum Gasteiger partial charge on any atom is 0.244 e. The lowest BCUT2D eigenvalue weighted by Crippen LogP contribution is -2.17. The van der Waals surface area contributed by atoms with Crippen LogP contribution in [-0.4, -0.2) is 32.4 Å². The zero-order valence-electron chi connectivity index (χ0n) is 9.68. The van der Waals surface area contributed by atoms with Crippen molar-refractivity contribution in [2.45, 2.75) is 13.5 Å². The Morgan fingerprint density at radius 3 is 2.76 bits per heavy atom. The van der Waals surface area contributed by atoms with Crippen molar-refractivity contribution in [3.8, 4) is 11.5 Å². The predicted octanol–water partition coefficient (Wildman–Crippen LogP) is 1.16. The molecule has 0 aliphatic heterocycles. The molecule has 0 aliphatic rings. The van der Waals surface area contributed by atoms with Crippen molar-refractivity contribution >= 4 is 5.95 Å². The number of para-hydroxylation sites is 1. The Morgan fingerprint density at radius 1 is 1.35 bits per heavy atom. The zero-order chi connectivity index (χ0) is 12.4. The van der Waals surface area contributed by atoms with Crippen LogP contribution in [0.1, 0.15) is 11.4 Å². The normalized spacial score (nSPS) is 10.5. The van der Waals surface area contributed by atoms with Gasteiger partial charge in [-0.05, 0) is 13.0 Å². The first-order chi connectivity index (χ1) is 8.08. The summed E-state index contributed by atoms with van der Waals surface area (Å²) >= 11 is 0. The fraction of sp³-hybridized carbons (Fsp3) is 0.273. The van der Waals surface area contributed by atoms with Gasteiger partial charge in [-0.3, -0.25) is 5.10 Å². The van der Waals surface area contributed by atoms with Crippen LogP contribution >= 0.6 is 0 Å². The second kappa shape index (κ2) is 4.32. The molecule has 0 saturated carbocycles. The van der Waals surface area contributed by atoms with Crippen molar-refractivity contribution in [3.63, 3.8) is 0 Å². The lowest BCUT2D eigenvalue weighted by molar-refractivity contribution is 0.399. The van der Waals surface area contributed by atoms with Gasteiger partial charge in [-0.2, -0.15) is 4.98 Å². The standard InChI is InChI=1S/C11H14N4O2/c1-7-12-11(14-13-7)15(2)6-8-4-3-5-9(16)10(8)17/h3-5,16-17H,6H2,1-2H3,(H,12,13,14). The van der Waals surface area contributed by atoms with Crippen LogP contribution in [-0.2, 0) is 6.54 Å². The smallest absolute Gasteiger partial charge is 0.244 e. The van der Waals surface area contributed by atoms with Gasteiger partial charge < -0.3 is 15.1 Å². The zero-order valence-corrected chi connectivity index (χ0v) is 9.68. The van der Waals surface area contributed by atoms with Gasteiger partial charge in [0.25, 0.3) is 0 Å². The van der Waals surface area contributed by atoms with Gasteiger partial charge in [-0.15, -0.1) is 5.10 Å². The molecule has 0 bridgehead atoms. The largest absolute Gasteiger partial charge is 0.504 e. The van der Waals surface area contributed by atoms with Gasteiger partial charge in [0, 0.05) is 19.2 Å². The fourth-order valence-electron chi connectivity index (χ4n) is 1.53. The van der Waals surface area contributed by atoms with Gasteiger partial charge in [0.05, 0.1) is 0 Å². The highest BCUT2D eigenvalue weighted by atomic mass is 16.3. The third-order valence-corrected chi connectivity index (χ3v) is 2.43. The first kappa shape index (κ1) is 11.3. The number of benzene rings is 1. The molecule has 0 radical (unpaired) electrons. The maximum absolute atomic E-state index is 9.67. The molecule has 2 aromatic rings. The summed E-state index contributed by atoms with van der Waals surface area (Å²) in [6.45, 7) is 2.23. The van der Waals surface area contributed by atoms with Crippen LogP contribution in [0.4, 0.5) is 5.95 Å². The Labute approximate surface area is 98.5 Å². The number of aryl methyl sites for hydroxylation is 1. The van der Waals surface area contributed by atoms with Crippen molar-refractivity contribution in [2.24, 2.45) is 0 Å². The van der Waals surface area contributed by atoms with E-state index in [4.69, 9.17) is 0 Å². The van der Waals surface area contributed by atoms with Gasteiger partial charge >= 0.3 is 0 Å². The van der Waals surface area contributed by atoms with Gasteiger partial charge in [0.15, 0.2) is 11.5 Å². The molecule has 90 valence electrons. The van der Waals surface area contributed by atoms with Crippen molar-refractivity contribution < 1.29 is 10.2 Å². The van der Waals surface area contributed by atoms with E-state index in [2.05, 4.69) is 15.2 Å². The van der Waals surface area contributed by atoms with Crippen molar-refractivity contribution in [3.05, 3.63) is 29.6 Å². The molecule has 0 spiro atoms. The minimum atomic E-state index is -0.123. The van der Waals surface area contributed by atoms with Crippen molar-refractivity contribution in [2.75, 3.05) is 11.9 Å². The lowest BCUT2D eigenvalue weighted by atomic mass is 10.2. The number of anilines is 1. The van der Waals surface area contributed by atoms with Crippen LogP contribution in [0.25, 0.3) is 0 Å². The summed E-state index contributed by atoms with van der Waals surface area (Å²) in [6, 6.07) is 4.86. The van der Waals surface area contributed by atoms with Gasteiger partial charge in [-0.25, -0.2) is 0 Å². The van der Waals surface area contributed by atoms with Crippen molar-refractivity contribution in [1.82, 2.24) is 15.2 Å². The number of phenols is 2. The van der Waals surface area contributed by atoms with E-state index in [0.29, 0.717) is 18.1 Å². The van der Waals surface area contributed by atoms with E-state index < -0.39 is 0 Å². The molecule has 6 nitrogen and oxygen atoms in total. The number of nitrogens with zero attached hydrogens (tertiary/aromatic N) is 3. The van der Waals surface area contributed by atoms with Crippen LogP contribution in [0.15, 0.2) is 18.2 Å². The van der Waals surface area contributed by atoms with E-state index >= 15 is 0 Å². The second-order valence-electron chi connectivity index (χ2n) is 3.86. The summed E-state index contributed by atoms with van der Waals surface area (Å²) in [5.74, 6) is 1.05. The van der Waals surface area contributed by atoms with Crippen molar-refractivity contribution in [1.29, 1.82) is 0 Å². The fourth-order valence-corrected chi connectivity index (χ4v) is 1.53. The molecule has 0 fully saturated rings. The van der Waals surface area contributed by atoms with Gasteiger partial charge in [0.1, 0.15) is 5.82 Å².